The first-order chi connectivity index (χ1) is 16.7. The van der Waals surface area contributed by atoms with E-state index < -0.39 is 11.0 Å². The SMILES string of the molecule is COc1cc(CCNC(=O)C(NC(=O)C23CC4CC(CC(C4)C2)C3)C(C)C)c([N+](=O)[O-])cc1OC. The lowest BCUT2D eigenvalue weighted by Crippen LogP contribution is -2.58. The summed E-state index contributed by atoms with van der Waals surface area (Å²) in [5.41, 5.74) is 0.0293. The Morgan fingerprint density at radius 3 is 2.09 bits per heavy atom. The highest BCUT2D eigenvalue weighted by molar-refractivity contribution is 5.90. The van der Waals surface area contributed by atoms with E-state index in [1.807, 2.05) is 13.8 Å². The summed E-state index contributed by atoms with van der Waals surface area (Å²) in [7, 11) is 2.89. The van der Waals surface area contributed by atoms with Crippen LogP contribution in [0, 0.1) is 39.2 Å². The maximum atomic E-state index is 13.5. The predicted octanol–water partition coefficient (Wildman–Crippen LogP) is 3.63. The summed E-state index contributed by atoms with van der Waals surface area (Å²) >= 11 is 0. The van der Waals surface area contributed by atoms with E-state index in [4.69, 9.17) is 9.47 Å². The van der Waals surface area contributed by atoms with Crippen LogP contribution < -0.4 is 20.1 Å². The van der Waals surface area contributed by atoms with Crippen molar-refractivity contribution in [3.05, 3.63) is 27.8 Å². The lowest BCUT2D eigenvalue weighted by atomic mass is 9.49. The third-order valence-corrected chi connectivity index (χ3v) is 8.23. The molecule has 0 aliphatic heterocycles. The molecule has 4 bridgehead atoms. The van der Waals surface area contributed by atoms with Crippen molar-refractivity contribution in [2.24, 2.45) is 29.1 Å². The summed E-state index contributed by atoms with van der Waals surface area (Å²) in [5, 5.41) is 17.5. The number of benzene rings is 1. The Morgan fingerprint density at radius 2 is 1.60 bits per heavy atom. The van der Waals surface area contributed by atoms with Crippen LogP contribution in [-0.2, 0) is 16.0 Å². The summed E-state index contributed by atoms with van der Waals surface area (Å²) in [6.07, 6.45) is 6.84. The third-order valence-electron chi connectivity index (χ3n) is 8.23. The van der Waals surface area contributed by atoms with Gasteiger partial charge >= 0.3 is 0 Å². The van der Waals surface area contributed by atoms with Gasteiger partial charge in [-0.15, -0.1) is 0 Å². The van der Waals surface area contributed by atoms with Crippen molar-refractivity contribution < 1.29 is 24.0 Å². The fourth-order valence-electron chi connectivity index (χ4n) is 6.93. The number of methoxy groups -OCH3 is 2. The van der Waals surface area contributed by atoms with E-state index in [1.54, 1.807) is 6.07 Å². The summed E-state index contributed by atoms with van der Waals surface area (Å²) in [4.78, 5) is 37.6. The fourth-order valence-corrected chi connectivity index (χ4v) is 6.93. The first-order valence-electron chi connectivity index (χ1n) is 12.6. The van der Waals surface area contributed by atoms with Gasteiger partial charge in [-0.2, -0.15) is 0 Å². The van der Waals surface area contributed by atoms with Gasteiger partial charge < -0.3 is 20.1 Å². The van der Waals surface area contributed by atoms with Crippen molar-refractivity contribution >= 4 is 17.5 Å². The topological polar surface area (TPSA) is 120 Å². The number of rotatable bonds is 10. The average Bonchev–Trinajstić information content (AvgIpc) is 2.80. The molecule has 0 radical (unpaired) electrons. The molecule has 1 aromatic rings. The van der Waals surface area contributed by atoms with Crippen LogP contribution in [0.25, 0.3) is 0 Å². The summed E-state index contributed by atoms with van der Waals surface area (Å²) in [6, 6.07) is 2.26. The molecule has 9 nitrogen and oxygen atoms in total. The van der Waals surface area contributed by atoms with Crippen molar-refractivity contribution in [3.63, 3.8) is 0 Å². The van der Waals surface area contributed by atoms with Crippen LogP contribution in [0.3, 0.4) is 0 Å². The molecule has 9 heteroatoms. The molecule has 0 saturated heterocycles. The molecular formula is C26H37N3O6. The zero-order valence-electron chi connectivity index (χ0n) is 21.1. The minimum absolute atomic E-state index is 0.0287. The third kappa shape index (κ3) is 5.09. The molecule has 0 heterocycles. The number of nitrogens with zero attached hydrogens (tertiary/aromatic N) is 1. The smallest absolute Gasteiger partial charge is 0.276 e. The lowest BCUT2D eigenvalue weighted by Gasteiger charge is -2.55. The zero-order valence-corrected chi connectivity index (χ0v) is 21.1. The Labute approximate surface area is 206 Å². The molecule has 0 spiro atoms. The molecule has 2 amide bonds. The maximum absolute atomic E-state index is 13.5. The molecule has 0 aromatic heterocycles. The molecule has 5 rings (SSSR count). The molecule has 2 N–H and O–H groups in total. The van der Waals surface area contributed by atoms with E-state index in [1.165, 1.54) is 39.5 Å². The van der Waals surface area contributed by atoms with Gasteiger partial charge in [0.05, 0.1) is 25.2 Å². The molecule has 1 aromatic carbocycles. The first-order valence-corrected chi connectivity index (χ1v) is 12.6. The fraction of sp³-hybridized carbons (Fsp3) is 0.692. The molecule has 1 atom stereocenters. The number of amides is 2. The van der Waals surface area contributed by atoms with E-state index in [2.05, 4.69) is 10.6 Å². The van der Waals surface area contributed by atoms with E-state index in [9.17, 15) is 19.7 Å². The quantitative estimate of drug-likeness (QED) is 0.384. The lowest BCUT2D eigenvalue weighted by molar-refractivity contribution is -0.385. The molecule has 1 unspecified atom stereocenters. The Balaban J connectivity index is 1.39. The number of carbonyl (C=O) groups excluding carboxylic acids is 2. The van der Waals surface area contributed by atoms with Crippen LogP contribution in [0.2, 0.25) is 0 Å². The second kappa shape index (κ2) is 10.0. The van der Waals surface area contributed by atoms with Gasteiger partial charge in [0.2, 0.25) is 11.8 Å². The van der Waals surface area contributed by atoms with Crippen LogP contribution in [0.5, 0.6) is 11.5 Å². The molecule has 192 valence electrons. The van der Waals surface area contributed by atoms with E-state index in [-0.39, 0.29) is 47.5 Å². The van der Waals surface area contributed by atoms with Gasteiger partial charge in [-0.05, 0) is 74.7 Å². The van der Waals surface area contributed by atoms with Gasteiger partial charge in [0, 0.05) is 17.5 Å². The van der Waals surface area contributed by atoms with Crippen LogP contribution in [0.1, 0.15) is 57.9 Å². The molecule has 35 heavy (non-hydrogen) atoms. The van der Waals surface area contributed by atoms with Gasteiger partial charge in [0.1, 0.15) is 6.04 Å². The molecule has 4 saturated carbocycles. The predicted molar refractivity (Wildman–Crippen MR) is 130 cm³/mol. The minimum Gasteiger partial charge on any atom is -0.493 e. The number of hydrogen-bond acceptors (Lipinski definition) is 6. The Morgan fingerprint density at radius 1 is 1.06 bits per heavy atom. The normalized spacial score (nSPS) is 27.4. The minimum atomic E-state index is -0.643. The Bertz CT molecular complexity index is 956. The van der Waals surface area contributed by atoms with Crippen molar-refractivity contribution in [1.29, 1.82) is 0 Å². The van der Waals surface area contributed by atoms with Crippen molar-refractivity contribution in [3.8, 4) is 11.5 Å². The Kier molecular flexibility index (Phi) is 7.24. The highest BCUT2D eigenvalue weighted by Gasteiger charge is 2.55. The monoisotopic (exact) mass is 487 g/mol. The van der Waals surface area contributed by atoms with Crippen LogP contribution >= 0.6 is 0 Å². The van der Waals surface area contributed by atoms with Gasteiger partial charge in [-0.1, -0.05) is 13.8 Å². The molecule has 4 aliphatic rings. The van der Waals surface area contributed by atoms with E-state index >= 15 is 0 Å². The van der Waals surface area contributed by atoms with Crippen LogP contribution in [0.15, 0.2) is 12.1 Å². The standard InChI is InChI=1S/C26H37N3O6/c1-15(2)23(28-25(31)26-12-16-7-17(13-26)9-18(8-16)14-26)24(30)27-6-5-19-10-21(34-3)22(35-4)11-20(19)29(32)33/h10-11,15-18,23H,5-9,12-14H2,1-4H3,(H,27,30)(H,28,31). The second-order valence-corrected chi connectivity index (χ2v) is 11.0. The van der Waals surface area contributed by atoms with E-state index in [0.29, 0.717) is 29.1 Å². The number of carbonyl (C=O) groups is 2. The molecule has 4 aliphatic carbocycles. The van der Waals surface area contributed by atoms with Crippen LogP contribution in [-0.4, -0.2) is 43.5 Å². The summed E-state index contributed by atoms with van der Waals surface area (Å²) < 4.78 is 10.4. The van der Waals surface area contributed by atoms with Crippen molar-refractivity contribution in [2.75, 3.05) is 20.8 Å². The maximum Gasteiger partial charge on any atom is 0.276 e. The molecular weight excluding hydrogens is 450 g/mol. The number of nitro groups is 1. The van der Waals surface area contributed by atoms with Gasteiger partial charge in [0.15, 0.2) is 11.5 Å². The van der Waals surface area contributed by atoms with Crippen LogP contribution in [0.4, 0.5) is 5.69 Å². The average molecular weight is 488 g/mol. The Hall–Kier alpha value is -2.84. The number of ether oxygens (including phenoxy) is 2. The van der Waals surface area contributed by atoms with Crippen molar-refractivity contribution in [2.45, 2.75) is 64.8 Å². The number of hydrogen-bond donors (Lipinski definition) is 2. The second-order valence-electron chi connectivity index (χ2n) is 11.0. The summed E-state index contributed by atoms with van der Waals surface area (Å²) in [6.45, 7) is 4.04. The van der Waals surface area contributed by atoms with Crippen molar-refractivity contribution in [1.82, 2.24) is 10.6 Å². The van der Waals surface area contributed by atoms with Gasteiger partial charge in [-0.25, -0.2) is 0 Å². The van der Waals surface area contributed by atoms with Gasteiger partial charge in [0.25, 0.3) is 5.69 Å². The highest BCUT2D eigenvalue weighted by Crippen LogP contribution is 2.60. The molecule has 4 fully saturated rings. The number of nitrogens with one attached hydrogen (secondary N) is 2. The largest absolute Gasteiger partial charge is 0.493 e. The summed E-state index contributed by atoms with van der Waals surface area (Å²) in [5.74, 6) is 2.30. The van der Waals surface area contributed by atoms with E-state index in [0.717, 1.165) is 19.3 Å². The first kappa shape index (κ1) is 25.3. The highest BCUT2D eigenvalue weighted by atomic mass is 16.6. The number of nitro benzene ring substituents is 1. The van der Waals surface area contributed by atoms with Gasteiger partial charge in [-0.3, -0.25) is 19.7 Å². The zero-order chi connectivity index (χ0) is 25.3.